The number of piperidine rings is 1. The van der Waals surface area contributed by atoms with E-state index in [1.54, 1.807) is 29.2 Å². The first-order valence-corrected chi connectivity index (χ1v) is 7.93. The van der Waals surface area contributed by atoms with Gasteiger partial charge in [-0.3, -0.25) is 0 Å². The number of nitrogens with zero attached hydrogens (tertiary/aromatic N) is 2. The van der Waals surface area contributed by atoms with Gasteiger partial charge in [-0.2, -0.15) is 13.2 Å². The van der Waals surface area contributed by atoms with Crippen molar-refractivity contribution in [2.45, 2.75) is 24.6 Å². The molecule has 0 amide bonds. The normalized spacial score (nSPS) is 17.8. The van der Waals surface area contributed by atoms with Gasteiger partial charge in [0.2, 0.25) is 0 Å². The molecule has 7 heteroatoms. The summed E-state index contributed by atoms with van der Waals surface area (Å²) in [6, 6.07) is 9.20. The first kappa shape index (κ1) is 17.0. The molecule has 0 atom stereocenters. The standard InChI is InChI=1S/C17H16ClF3N2O/c18-13-5-3-12(4-6-13)16(24)7-10-23(11-8-16)15-14(17(19,20)21)2-1-9-22-15/h1-6,9,24H,7-8,10-11H2. The highest BCUT2D eigenvalue weighted by atomic mass is 35.5. The van der Waals surface area contributed by atoms with E-state index in [9.17, 15) is 18.3 Å². The van der Waals surface area contributed by atoms with Crippen LogP contribution in [0.3, 0.4) is 0 Å². The summed E-state index contributed by atoms with van der Waals surface area (Å²) >= 11 is 5.85. The Bertz CT molecular complexity index is 711. The molecule has 128 valence electrons. The quantitative estimate of drug-likeness (QED) is 0.874. The number of halogens is 4. The first-order chi connectivity index (χ1) is 11.3. The Balaban J connectivity index is 1.80. The van der Waals surface area contributed by atoms with Gasteiger partial charge in [-0.1, -0.05) is 23.7 Å². The fourth-order valence-electron chi connectivity index (χ4n) is 3.01. The predicted octanol–water partition coefficient (Wildman–Crippen LogP) is 4.24. The minimum absolute atomic E-state index is 0.0804. The largest absolute Gasteiger partial charge is 0.419 e. The van der Waals surface area contributed by atoms with Crippen molar-refractivity contribution in [1.29, 1.82) is 0 Å². The summed E-state index contributed by atoms with van der Waals surface area (Å²) in [4.78, 5) is 5.48. The highest BCUT2D eigenvalue weighted by molar-refractivity contribution is 6.30. The highest BCUT2D eigenvalue weighted by Crippen LogP contribution is 2.39. The van der Waals surface area contributed by atoms with Crippen LogP contribution in [0.1, 0.15) is 24.0 Å². The van der Waals surface area contributed by atoms with E-state index < -0.39 is 17.3 Å². The molecule has 0 saturated carbocycles. The maximum absolute atomic E-state index is 13.1. The van der Waals surface area contributed by atoms with E-state index in [1.165, 1.54) is 12.3 Å². The van der Waals surface area contributed by atoms with Crippen LogP contribution >= 0.6 is 11.6 Å². The van der Waals surface area contributed by atoms with Crippen LogP contribution in [0.2, 0.25) is 5.02 Å². The van der Waals surface area contributed by atoms with E-state index in [-0.39, 0.29) is 5.82 Å². The number of pyridine rings is 1. The Hall–Kier alpha value is -1.79. The van der Waals surface area contributed by atoms with Crippen molar-refractivity contribution < 1.29 is 18.3 Å². The zero-order valence-electron chi connectivity index (χ0n) is 12.7. The second-order valence-electron chi connectivity index (χ2n) is 5.90. The van der Waals surface area contributed by atoms with Crippen molar-refractivity contribution in [3.05, 3.63) is 58.7 Å². The number of hydrogen-bond donors (Lipinski definition) is 1. The molecule has 1 aromatic carbocycles. The summed E-state index contributed by atoms with van der Waals surface area (Å²) in [5.41, 5.74) is -1.08. The van der Waals surface area contributed by atoms with Crippen molar-refractivity contribution in [2.75, 3.05) is 18.0 Å². The van der Waals surface area contributed by atoms with Crippen LogP contribution < -0.4 is 4.90 Å². The lowest BCUT2D eigenvalue weighted by Gasteiger charge is -2.39. The molecule has 0 aliphatic carbocycles. The second kappa shape index (κ2) is 6.26. The minimum atomic E-state index is -4.45. The summed E-state index contributed by atoms with van der Waals surface area (Å²) in [6.07, 6.45) is -2.46. The van der Waals surface area contributed by atoms with Gasteiger partial charge < -0.3 is 10.0 Å². The molecule has 1 N–H and O–H groups in total. The number of aromatic nitrogens is 1. The van der Waals surface area contributed by atoms with Crippen LogP contribution in [0.25, 0.3) is 0 Å². The van der Waals surface area contributed by atoms with Gasteiger partial charge in [0.1, 0.15) is 5.82 Å². The fraction of sp³-hybridized carbons (Fsp3) is 0.353. The van der Waals surface area contributed by atoms with Gasteiger partial charge in [0.15, 0.2) is 0 Å². The third-order valence-corrected chi connectivity index (χ3v) is 4.62. The molecule has 2 aromatic rings. The smallest absolute Gasteiger partial charge is 0.385 e. The first-order valence-electron chi connectivity index (χ1n) is 7.55. The number of anilines is 1. The van der Waals surface area contributed by atoms with E-state index in [0.29, 0.717) is 31.0 Å². The van der Waals surface area contributed by atoms with Crippen LogP contribution in [0.15, 0.2) is 42.6 Å². The molecule has 0 radical (unpaired) electrons. The third-order valence-electron chi connectivity index (χ3n) is 4.36. The number of rotatable bonds is 2. The molecule has 0 unspecified atom stereocenters. The van der Waals surface area contributed by atoms with Gasteiger partial charge in [0, 0.05) is 24.3 Å². The van der Waals surface area contributed by atoms with Crippen molar-refractivity contribution in [1.82, 2.24) is 4.98 Å². The molecule has 24 heavy (non-hydrogen) atoms. The average molecular weight is 357 g/mol. The van der Waals surface area contributed by atoms with Gasteiger partial charge in [-0.15, -0.1) is 0 Å². The molecule has 3 rings (SSSR count). The Morgan fingerprint density at radius 3 is 2.29 bits per heavy atom. The minimum Gasteiger partial charge on any atom is -0.385 e. The van der Waals surface area contributed by atoms with Gasteiger partial charge in [-0.05, 0) is 42.7 Å². The molecule has 1 aliphatic rings. The molecule has 1 saturated heterocycles. The van der Waals surface area contributed by atoms with E-state index in [4.69, 9.17) is 11.6 Å². The van der Waals surface area contributed by atoms with E-state index >= 15 is 0 Å². The lowest BCUT2D eigenvalue weighted by Crippen LogP contribution is -2.43. The van der Waals surface area contributed by atoms with Crippen LogP contribution in [-0.4, -0.2) is 23.2 Å². The number of alkyl halides is 3. The van der Waals surface area contributed by atoms with Crippen molar-refractivity contribution in [2.24, 2.45) is 0 Å². The zero-order chi connectivity index (χ0) is 17.4. The highest BCUT2D eigenvalue weighted by Gasteiger charge is 2.39. The van der Waals surface area contributed by atoms with Crippen molar-refractivity contribution >= 4 is 17.4 Å². The molecule has 1 fully saturated rings. The Morgan fingerprint density at radius 2 is 1.71 bits per heavy atom. The monoisotopic (exact) mass is 356 g/mol. The van der Waals surface area contributed by atoms with Crippen molar-refractivity contribution in [3.8, 4) is 0 Å². The second-order valence-corrected chi connectivity index (χ2v) is 6.33. The van der Waals surface area contributed by atoms with Gasteiger partial charge in [0.05, 0.1) is 11.2 Å². The molecule has 3 nitrogen and oxygen atoms in total. The molecule has 0 bridgehead atoms. The average Bonchev–Trinajstić information content (AvgIpc) is 2.55. The lowest BCUT2D eigenvalue weighted by atomic mass is 9.84. The molecular formula is C17H16ClF3N2O. The van der Waals surface area contributed by atoms with E-state index in [2.05, 4.69) is 4.98 Å². The van der Waals surface area contributed by atoms with Gasteiger partial charge >= 0.3 is 6.18 Å². The fourth-order valence-corrected chi connectivity index (χ4v) is 3.13. The van der Waals surface area contributed by atoms with Crippen LogP contribution in [0.4, 0.5) is 19.0 Å². The van der Waals surface area contributed by atoms with Gasteiger partial charge in [-0.25, -0.2) is 4.98 Å². The van der Waals surface area contributed by atoms with Crippen molar-refractivity contribution in [3.63, 3.8) is 0 Å². The molecule has 1 aromatic heterocycles. The lowest BCUT2D eigenvalue weighted by molar-refractivity contribution is -0.137. The van der Waals surface area contributed by atoms with Crippen LogP contribution in [-0.2, 0) is 11.8 Å². The number of hydrogen-bond acceptors (Lipinski definition) is 3. The maximum atomic E-state index is 13.1. The molecule has 0 spiro atoms. The Morgan fingerprint density at radius 1 is 1.08 bits per heavy atom. The number of aliphatic hydroxyl groups is 1. The maximum Gasteiger partial charge on any atom is 0.419 e. The SMILES string of the molecule is OC1(c2ccc(Cl)cc2)CCN(c2ncccc2C(F)(F)F)CC1. The summed E-state index contributed by atoms with van der Waals surface area (Å²) < 4.78 is 39.4. The summed E-state index contributed by atoms with van der Waals surface area (Å²) in [7, 11) is 0. The van der Waals surface area contributed by atoms with Gasteiger partial charge in [0.25, 0.3) is 0 Å². The predicted molar refractivity (Wildman–Crippen MR) is 86.0 cm³/mol. The van der Waals surface area contributed by atoms with Crippen LogP contribution in [0, 0.1) is 0 Å². The third kappa shape index (κ3) is 3.35. The summed E-state index contributed by atoms with van der Waals surface area (Å²) in [6.45, 7) is 0.582. The summed E-state index contributed by atoms with van der Waals surface area (Å²) in [5.74, 6) is -0.0804. The van der Waals surface area contributed by atoms with Crippen LogP contribution in [0.5, 0.6) is 0 Å². The zero-order valence-corrected chi connectivity index (χ0v) is 13.5. The Kier molecular flexibility index (Phi) is 4.44. The molecule has 2 heterocycles. The topological polar surface area (TPSA) is 36.4 Å². The molecule has 1 aliphatic heterocycles. The Labute approximate surface area is 142 Å². The van der Waals surface area contributed by atoms with E-state index in [0.717, 1.165) is 11.6 Å². The van der Waals surface area contributed by atoms with E-state index in [1.807, 2.05) is 0 Å². The molecular weight excluding hydrogens is 341 g/mol. The summed E-state index contributed by atoms with van der Waals surface area (Å²) in [5, 5.41) is 11.4. The number of benzene rings is 1.